The van der Waals surface area contributed by atoms with E-state index >= 15 is 0 Å². The van der Waals surface area contributed by atoms with Crippen LogP contribution >= 0.6 is 23.4 Å². The fourth-order valence-corrected chi connectivity index (χ4v) is 4.60. The molecule has 0 atom stereocenters. The number of carbonyl (C=O) groups is 2. The summed E-state index contributed by atoms with van der Waals surface area (Å²) in [6, 6.07) is 18.9. The predicted octanol–water partition coefficient (Wildman–Crippen LogP) is 5.19. The van der Waals surface area contributed by atoms with Gasteiger partial charge in [-0.05, 0) is 78.9 Å². The number of nitrogens with zero attached hydrogens (tertiary/aromatic N) is 3. The minimum absolute atomic E-state index is 0.138. The third kappa shape index (κ3) is 4.21. The van der Waals surface area contributed by atoms with Gasteiger partial charge in [0.15, 0.2) is 5.71 Å². The lowest BCUT2D eigenvalue weighted by atomic mass is 10.1. The summed E-state index contributed by atoms with van der Waals surface area (Å²) in [6.45, 7) is 1.93. The van der Waals surface area contributed by atoms with Gasteiger partial charge in [-0.2, -0.15) is 0 Å². The Hall–Kier alpha value is -3.88. The molecule has 2 amide bonds. The number of rotatable bonds is 3. The standard InChI is InChI=1S/C25H17ClN4O3S/c1-14-2-11-20-19(12-14)22(23(32)27-20)28-29-25-30(17-7-5-16(26)6-8-17)24(33)21(34-25)13-15-3-9-18(31)10-4-15/h2-13,31H,1H3,(H,27,28,32). The summed E-state index contributed by atoms with van der Waals surface area (Å²) in [6.07, 6.45) is 1.71. The molecule has 5 rings (SSSR count). The Morgan fingerprint density at radius 1 is 1.00 bits per heavy atom. The van der Waals surface area contributed by atoms with Crippen LogP contribution in [-0.4, -0.2) is 27.8 Å². The van der Waals surface area contributed by atoms with Gasteiger partial charge >= 0.3 is 0 Å². The van der Waals surface area contributed by atoms with Crippen LogP contribution in [0.25, 0.3) is 6.08 Å². The minimum atomic E-state index is -0.350. The lowest BCUT2D eigenvalue weighted by Gasteiger charge is -2.14. The highest BCUT2D eigenvalue weighted by molar-refractivity contribution is 8.19. The van der Waals surface area contributed by atoms with Crippen LogP contribution in [0.4, 0.5) is 11.4 Å². The number of carbonyl (C=O) groups excluding carboxylic acids is 2. The van der Waals surface area contributed by atoms with Crippen LogP contribution in [0.1, 0.15) is 16.7 Å². The van der Waals surface area contributed by atoms with Gasteiger partial charge in [0, 0.05) is 10.6 Å². The first-order chi connectivity index (χ1) is 16.4. The van der Waals surface area contributed by atoms with Gasteiger partial charge in [-0.3, -0.25) is 14.5 Å². The smallest absolute Gasteiger partial charge is 0.276 e. The summed E-state index contributed by atoms with van der Waals surface area (Å²) >= 11 is 7.17. The molecule has 0 unspecified atom stereocenters. The molecule has 7 nitrogen and oxygen atoms in total. The van der Waals surface area contributed by atoms with Crippen molar-refractivity contribution in [1.82, 2.24) is 0 Å². The lowest BCUT2D eigenvalue weighted by Crippen LogP contribution is -2.28. The Morgan fingerprint density at radius 2 is 1.74 bits per heavy atom. The largest absolute Gasteiger partial charge is 0.508 e. The van der Waals surface area contributed by atoms with E-state index in [0.29, 0.717) is 32.0 Å². The maximum atomic E-state index is 13.3. The summed E-state index contributed by atoms with van der Waals surface area (Å²) in [5.74, 6) is -0.498. The molecule has 2 N–H and O–H groups in total. The zero-order valence-corrected chi connectivity index (χ0v) is 19.4. The van der Waals surface area contributed by atoms with E-state index in [2.05, 4.69) is 15.5 Å². The number of benzene rings is 3. The second-order valence-corrected chi connectivity index (χ2v) is 9.10. The highest BCUT2D eigenvalue weighted by Gasteiger charge is 2.35. The van der Waals surface area contributed by atoms with Crippen molar-refractivity contribution in [2.45, 2.75) is 6.92 Å². The molecule has 0 radical (unpaired) electrons. The third-order valence-corrected chi connectivity index (χ3v) is 6.42. The number of nitrogens with one attached hydrogen (secondary N) is 1. The maximum Gasteiger partial charge on any atom is 0.276 e. The predicted molar refractivity (Wildman–Crippen MR) is 136 cm³/mol. The number of amides is 2. The number of thioether (sulfide) groups is 1. The van der Waals surface area contributed by atoms with Crippen molar-refractivity contribution in [3.8, 4) is 5.75 Å². The topological polar surface area (TPSA) is 94.4 Å². The number of hydrogen-bond donors (Lipinski definition) is 2. The van der Waals surface area contributed by atoms with Crippen LogP contribution in [0, 0.1) is 6.92 Å². The van der Waals surface area contributed by atoms with E-state index in [1.807, 2.05) is 25.1 Å². The molecule has 0 saturated carbocycles. The van der Waals surface area contributed by atoms with Crippen molar-refractivity contribution in [2.75, 3.05) is 10.2 Å². The SMILES string of the molecule is Cc1ccc2c(c1)C(=NN=C1SC(=Cc3ccc(O)cc3)C(=O)N1c1ccc(Cl)cc1)C(=O)N2. The summed E-state index contributed by atoms with van der Waals surface area (Å²) in [7, 11) is 0. The first-order valence-electron chi connectivity index (χ1n) is 10.3. The third-order valence-electron chi connectivity index (χ3n) is 5.21. The summed E-state index contributed by atoms with van der Waals surface area (Å²) in [5.41, 5.74) is 3.84. The molecule has 3 aromatic carbocycles. The number of phenolic OH excluding ortho intramolecular Hbond substituents is 1. The Balaban J connectivity index is 1.57. The van der Waals surface area contributed by atoms with Crippen molar-refractivity contribution < 1.29 is 14.7 Å². The van der Waals surface area contributed by atoms with E-state index < -0.39 is 0 Å². The Bertz CT molecular complexity index is 1410. The minimum Gasteiger partial charge on any atom is -0.508 e. The van der Waals surface area contributed by atoms with Gasteiger partial charge < -0.3 is 10.4 Å². The monoisotopic (exact) mass is 488 g/mol. The first kappa shape index (κ1) is 21.9. The zero-order valence-electron chi connectivity index (χ0n) is 17.8. The number of amidine groups is 1. The van der Waals surface area contributed by atoms with E-state index in [1.165, 1.54) is 4.90 Å². The second kappa shape index (κ2) is 8.81. The summed E-state index contributed by atoms with van der Waals surface area (Å²) in [5, 5.41) is 21.7. The van der Waals surface area contributed by atoms with Gasteiger partial charge in [0.25, 0.3) is 11.8 Å². The van der Waals surface area contributed by atoms with E-state index in [9.17, 15) is 14.7 Å². The average molecular weight is 489 g/mol. The maximum absolute atomic E-state index is 13.3. The van der Waals surface area contributed by atoms with Crippen LogP contribution in [0.3, 0.4) is 0 Å². The Labute approximate surface area is 204 Å². The quantitative estimate of drug-likeness (QED) is 0.392. The van der Waals surface area contributed by atoms with E-state index in [4.69, 9.17) is 11.6 Å². The van der Waals surface area contributed by atoms with Gasteiger partial charge in [-0.1, -0.05) is 35.4 Å². The van der Waals surface area contributed by atoms with Gasteiger partial charge in [0.2, 0.25) is 5.17 Å². The molecule has 0 bridgehead atoms. The van der Waals surface area contributed by atoms with E-state index in [1.54, 1.807) is 54.6 Å². The number of fused-ring (bicyclic) bond motifs is 1. The fourth-order valence-electron chi connectivity index (χ4n) is 3.54. The van der Waals surface area contributed by atoms with E-state index in [-0.39, 0.29) is 23.3 Å². The first-order valence-corrected chi connectivity index (χ1v) is 11.4. The van der Waals surface area contributed by atoms with Crippen molar-refractivity contribution in [1.29, 1.82) is 0 Å². The molecule has 1 saturated heterocycles. The highest BCUT2D eigenvalue weighted by Crippen LogP contribution is 2.37. The molecule has 2 aliphatic heterocycles. The number of halogens is 1. The van der Waals surface area contributed by atoms with Crippen LogP contribution in [0.15, 0.2) is 81.8 Å². The highest BCUT2D eigenvalue weighted by atomic mass is 35.5. The molecule has 2 aliphatic rings. The molecule has 0 aliphatic carbocycles. The Morgan fingerprint density at radius 3 is 2.47 bits per heavy atom. The molecule has 3 aromatic rings. The molecule has 168 valence electrons. The molecule has 1 fully saturated rings. The van der Waals surface area contributed by atoms with Crippen molar-refractivity contribution in [3.63, 3.8) is 0 Å². The molecule has 34 heavy (non-hydrogen) atoms. The van der Waals surface area contributed by atoms with Crippen molar-refractivity contribution >= 4 is 63.5 Å². The molecular formula is C25H17ClN4O3S. The summed E-state index contributed by atoms with van der Waals surface area (Å²) in [4.78, 5) is 27.7. The Kier molecular flexibility index (Phi) is 5.69. The van der Waals surface area contributed by atoms with Crippen molar-refractivity contribution in [3.05, 3.63) is 93.3 Å². The van der Waals surface area contributed by atoms with Crippen LogP contribution in [0.2, 0.25) is 5.02 Å². The van der Waals surface area contributed by atoms with Crippen LogP contribution in [0.5, 0.6) is 5.75 Å². The second-order valence-electron chi connectivity index (χ2n) is 7.65. The van der Waals surface area contributed by atoms with E-state index in [0.717, 1.165) is 22.9 Å². The summed E-state index contributed by atoms with van der Waals surface area (Å²) < 4.78 is 0. The average Bonchev–Trinajstić information content (AvgIpc) is 3.29. The van der Waals surface area contributed by atoms with Gasteiger partial charge in [0.1, 0.15) is 5.75 Å². The van der Waals surface area contributed by atoms with Gasteiger partial charge in [0.05, 0.1) is 16.3 Å². The number of aryl methyl sites for hydroxylation is 1. The number of anilines is 2. The van der Waals surface area contributed by atoms with Gasteiger partial charge in [-0.15, -0.1) is 10.2 Å². The molecular weight excluding hydrogens is 472 g/mol. The number of hydrogen-bond acceptors (Lipinski definition) is 6. The molecule has 0 aromatic heterocycles. The van der Waals surface area contributed by atoms with Gasteiger partial charge in [-0.25, -0.2) is 0 Å². The molecule has 0 spiro atoms. The van der Waals surface area contributed by atoms with Crippen molar-refractivity contribution in [2.24, 2.45) is 10.2 Å². The lowest BCUT2D eigenvalue weighted by molar-refractivity contribution is -0.113. The molecule has 9 heteroatoms. The van der Waals surface area contributed by atoms with Crippen LogP contribution < -0.4 is 10.2 Å². The zero-order chi connectivity index (χ0) is 23.8. The normalized spacial score (nSPS) is 18.8. The number of aromatic hydroxyl groups is 1. The fraction of sp³-hybridized carbons (Fsp3) is 0.0400. The molecule has 2 heterocycles. The van der Waals surface area contributed by atoms with Crippen LogP contribution in [-0.2, 0) is 9.59 Å². The number of phenols is 1.